The summed E-state index contributed by atoms with van der Waals surface area (Å²) < 4.78 is 2.10. The Bertz CT molecular complexity index is 535. The highest BCUT2D eigenvalue weighted by molar-refractivity contribution is 5.16. The lowest BCUT2D eigenvalue weighted by Crippen LogP contribution is -2.43. The molecule has 1 aliphatic heterocycles. The van der Waals surface area contributed by atoms with Gasteiger partial charge in [0.05, 0.1) is 12.6 Å². The number of hydrogen-bond donors (Lipinski definition) is 1. The largest absolute Gasteiger partial charge is 0.326 e. The Morgan fingerprint density at radius 3 is 3.00 bits per heavy atom. The first-order chi connectivity index (χ1) is 9.25. The molecule has 3 heterocycles. The highest BCUT2D eigenvalue weighted by Crippen LogP contribution is 2.26. The van der Waals surface area contributed by atoms with Crippen molar-refractivity contribution in [2.24, 2.45) is 5.73 Å². The molecule has 0 aromatic carbocycles. The van der Waals surface area contributed by atoms with Crippen LogP contribution in [0.25, 0.3) is 0 Å². The molecule has 100 valence electrons. The molecular formula is C13H18N6. The van der Waals surface area contributed by atoms with Gasteiger partial charge in [0.2, 0.25) is 0 Å². The molecule has 0 saturated carbocycles. The first-order valence-corrected chi connectivity index (χ1v) is 6.52. The van der Waals surface area contributed by atoms with E-state index in [9.17, 15) is 0 Å². The minimum atomic E-state index is 0.0404. The third-order valence-electron chi connectivity index (χ3n) is 3.59. The Labute approximate surface area is 112 Å². The van der Waals surface area contributed by atoms with Crippen molar-refractivity contribution in [2.75, 3.05) is 6.54 Å². The Hall–Kier alpha value is -1.79. The fourth-order valence-electron chi connectivity index (χ4n) is 2.72. The van der Waals surface area contributed by atoms with Crippen molar-refractivity contribution in [3.8, 4) is 0 Å². The topological polar surface area (TPSA) is 72.9 Å². The van der Waals surface area contributed by atoms with Crippen LogP contribution in [0.3, 0.4) is 0 Å². The highest BCUT2D eigenvalue weighted by atomic mass is 15.3. The lowest BCUT2D eigenvalue weighted by Gasteiger charge is -2.36. The van der Waals surface area contributed by atoms with Crippen LogP contribution >= 0.6 is 0 Å². The molecule has 1 aliphatic rings. The van der Waals surface area contributed by atoms with Gasteiger partial charge in [-0.25, -0.2) is 0 Å². The zero-order valence-electron chi connectivity index (χ0n) is 11.0. The molecule has 19 heavy (non-hydrogen) atoms. The van der Waals surface area contributed by atoms with Crippen molar-refractivity contribution < 1.29 is 0 Å². The molecule has 0 amide bonds. The van der Waals surface area contributed by atoms with Gasteiger partial charge in [0.15, 0.2) is 0 Å². The van der Waals surface area contributed by atoms with Gasteiger partial charge in [-0.1, -0.05) is 6.07 Å². The van der Waals surface area contributed by atoms with Gasteiger partial charge in [0.1, 0.15) is 12.2 Å². The second kappa shape index (κ2) is 5.07. The Morgan fingerprint density at radius 1 is 1.37 bits per heavy atom. The number of nitrogens with zero attached hydrogens (tertiary/aromatic N) is 5. The Morgan fingerprint density at radius 2 is 2.26 bits per heavy atom. The highest BCUT2D eigenvalue weighted by Gasteiger charge is 2.28. The molecule has 0 fully saturated rings. The maximum Gasteiger partial charge on any atom is 0.147 e. The van der Waals surface area contributed by atoms with Crippen LogP contribution in [0, 0.1) is 0 Å². The first kappa shape index (κ1) is 12.3. The summed E-state index contributed by atoms with van der Waals surface area (Å²) in [5.41, 5.74) is 7.34. The van der Waals surface area contributed by atoms with Crippen molar-refractivity contribution >= 4 is 0 Å². The molecule has 0 saturated heterocycles. The van der Waals surface area contributed by atoms with Crippen molar-refractivity contribution in [2.45, 2.75) is 32.1 Å². The Kier molecular flexibility index (Phi) is 3.27. The molecular weight excluding hydrogens is 240 g/mol. The van der Waals surface area contributed by atoms with Crippen molar-refractivity contribution in [3.05, 3.63) is 42.2 Å². The predicted octanol–water partition coefficient (Wildman–Crippen LogP) is 0.577. The van der Waals surface area contributed by atoms with Crippen LogP contribution in [-0.2, 0) is 13.1 Å². The summed E-state index contributed by atoms with van der Waals surface area (Å²) in [7, 11) is 0. The monoisotopic (exact) mass is 258 g/mol. The van der Waals surface area contributed by atoms with Gasteiger partial charge >= 0.3 is 0 Å². The summed E-state index contributed by atoms with van der Waals surface area (Å²) in [5, 5.41) is 8.12. The van der Waals surface area contributed by atoms with Crippen LogP contribution in [-0.4, -0.2) is 37.2 Å². The van der Waals surface area contributed by atoms with Crippen LogP contribution in [0.2, 0.25) is 0 Å². The van der Waals surface area contributed by atoms with E-state index in [1.165, 1.54) is 0 Å². The molecule has 6 heteroatoms. The summed E-state index contributed by atoms with van der Waals surface area (Å²) in [6.45, 7) is 4.68. The zero-order chi connectivity index (χ0) is 13.2. The minimum Gasteiger partial charge on any atom is -0.326 e. The van der Waals surface area contributed by atoms with E-state index >= 15 is 0 Å². The second-order valence-corrected chi connectivity index (χ2v) is 5.00. The quantitative estimate of drug-likeness (QED) is 0.871. The number of hydrogen-bond acceptors (Lipinski definition) is 5. The van der Waals surface area contributed by atoms with Crippen LogP contribution in [0.1, 0.15) is 24.4 Å². The van der Waals surface area contributed by atoms with Crippen LogP contribution in [0.15, 0.2) is 30.9 Å². The van der Waals surface area contributed by atoms with E-state index in [0.717, 1.165) is 31.0 Å². The van der Waals surface area contributed by atoms with E-state index < -0.39 is 0 Å². The standard InChI is InChI=1S/C13H18N6/c1-10(14)13(11-3-2-4-15-7-11)18-5-6-19-9-16-17-12(19)8-18/h2-4,7,9-10,13H,5-6,8,14H2,1H3. The summed E-state index contributed by atoms with van der Waals surface area (Å²) in [6.07, 6.45) is 5.47. The van der Waals surface area contributed by atoms with Gasteiger partial charge in [-0.05, 0) is 18.6 Å². The van der Waals surface area contributed by atoms with Gasteiger partial charge in [-0.2, -0.15) is 0 Å². The molecule has 6 nitrogen and oxygen atoms in total. The van der Waals surface area contributed by atoms with E-state index in [1.807, 2.05) is 19.2 Å². The predicted molar refractivity (Wildman–Crippen MR) is 71.1 cm³/mol. The Balaban J connectivity index is 1.87. The molecule has 2 unspecified atom stereocenters. The van der Waals surface area contributed by atoms with E-state index in [0.29, 0.717) is 0 Å². The summed E-state index contributed by atoms with van der Waals surface area (Å²) in [6, 6.07) is 4.25. The molecule has 2 N–H and O–H groups in total. The van der Waals surface area contributed by atoms with Crippen LogP contribution < -0.4 is 5.73 Å². The first-order valence-electron chi connectivity index (χ1n) is 6.52. The smallest absolute Gasteiger partial charge is 0.147 e. The molecule has 2 aromatic heterocycles. The third kappa shape index (κ3) is 2.36. The zero-order valence-corrected chi connectivity index (χ0v) is 11.0. The molecule has 2 atom stereocenters. The van der Waals surface area contributed by atoms with Crippen molar-refractivity contribution in [1.82, 2.24) is 24.6 Å². The van der Waals surface area contributed by atoms with Crippen molar-refractivity contribution in [3.63, 3.8) is 0 Å². The summed E-state index contributed by atoms with van der Waals surface area (Å²) in [5.74, 6) is 1.00. The average molecular weight is 258 g/mol. The number of pyridine rings is 1. The maximum atomic E-state index is 6.18. The fraction of sp³-hybridized carbons (Fsp3) is 0.462. The maximum absolute atomic E-state index is 6.18. The third-order valence-corrected chi connectivity index (χ3v) is 3.59. The number of aromatic nitrogens is 4. The van der Waals surface area contributed by atoms with Crippen molar-refractivity contribution in [1.29, 1.82) is 0 Å². The number of nitrogens with two attached hydrogens (primary N) is 1. The fourth-order valence-corrected chi connectivity index (χ4v) is 2.72. The summed E-state index contributed by atoms with van der Waals surface area (Å²) >= 11 is 0. The molecule has 0 spiro atoms. The minimum absolute atomic E-state index is 0.0404. The van der Waals surface area contributed by atoms with E-state index in [2.05, 4.69) is 30.7 Å². The molecule has 3 rings (SSSR count). The normalized spacial score (nSPS) is 18.8. The average Bonchev–Trinajstić information content (AvgIpc) is 2.87. The molecule has 0 radical (unpaired) electrons. The SMILES string of the molecule is CC(N)C(c1cccnc1)N1CCn2cnnc2C1. The molecule has 0 bridgehead atoms. The van der Waals surface area contributed by atoms with Gasteiger partial charge in [-0.15, -0.1) is 10.2 Å². The van der Waals surface area contributed by atoms with Gasteiger partial charge in [0, 0.05) is 31.5 Å². The van der Waals surface area contributed by atoms with Gasteiger partial charge in [-0.3, -0.25) is 9.88 Å². The van der Waals surface area contributed by atoms with Gasteiger partial charge < -0.3 is 10.3 Å². The van der Waals surface area contributed by atoms with E-state index in [1.54, 1.807) is 12.5 Å². The summed E-state index contributed by atoms with van der Waals surface area (Å²) in [4.78, 5) is 6.55. The van der Waals surface area contributed by atoms with Crippen LogP contribution in [0.5, 0.6) is 0 Å². The van der Waals surface area contributed by atoms with E-state index in [-0.39, 0.29) is 12.1 Å². The van der Waals surface area contributed by atoms with E-state index in [4.69, 9.17) is 5.73 Å². The number of fused-ring (bicyclic) bond motifs is 1. The lowest BCUT2D eigenvalue weighted by molar-refractivity contribution is 0.135. The molecule has 0 aliphatic carbocycles. The number of rotatable bonds is 3. The second-order valence-electron chi connectivity index (χ2n) is 5.00. The lowest BCUT2D eigenvalue weighted by atomic mass is 10.0. The van der Waals surface area contributed by atoms with Gasteiger partial charge in [0.25, 0.3) is 0 Å². The van der Waals surface area contributed by atoms with Crippen LogP contribution in [0.4, 0.5) is 0 Å². The molecule has 2 aromatic rings.